The van der Waals surface area contributed by atoms with Crippen LogP contribution in [0.3, 0.4) is 0 Å². The van der Waals surface area contributed by atoms with Crippen LogP contribution in [-0.4, -0.2) is 37.6 Å². The first-order valence-electron chi connectivity index (χ1n) is 11.1. The fraction of sp³-hybridized carbons (Fsp3) is 0.652. The van der Waals surface area contributed by atoms with E-state index >= 15 is 0 Å². The van der Waals surface area contributed by atoms with E-state index in [4.69, 9.17) is 4.74 Å². The molecule has 0 aromatic heterocycles. The Kier molecular flexibility index (Phi) is 9.48. The summed E-state index contributed by atoms with van der Waals surface area (Å²) in [5, 5.41) is 0. The van der Waals surface area contributed by atoms with Crippen molar-refractivity contribution in [1.82, 2.24) is 0 Å². The SMILES string of the molecule is CCCCC[NH+](CCCCC)[C@@H]1CC(=O)N(c2ccc(OCCC)cc2)C1=O. The summed E-state index contributed by atoms with van der Waals surface area (Å²) in [7, 11) is 0. The van der Waals surface area contributed by atoms with Crippen molar-refractivity contribution >= 4 is 17.5 Å². The Balaban J connectivity index is 2.07. The number of ether oxygens (including phenoxy) is 1. The van der Waals surface area contributed by atoms with E-state index < -0.39 is 0 Å². The molecule has 0 aliphatic carbocycles. The summed E-state index contributed by atoms with van der Waals surface area (Å²) in [4.78, 5) is 28.5. The molecule has 2 amide bonds. The summed E-state index contributed by atoms with van der Waals surface area (Å²) in [6, 6.07) is 7.07. The second-order valence-electron chi connectivity index (χ2n) is 7.74. The smallest absolute Gasteiger partial charge is 0.292 e. The molecule has 1 atom stereocenters. The lowest BCUT2D eigenvalue weighted by molar-refractivity contribution is -0.915. The van der Waals surface area contributed by atoms with Crippen LogP contribution < -0.4 is 14.5 Å². The molecule has 0 bridgehead atoms. The van der Waals surface area contributed by atoms with Gasteiger partial charge in [-0.2, -0.15) is 0 Å². The number of amides is 2. The molecule has 1 aromatic rings. The number of unbranched alkanes of at least 4 members (excludes halogenated alkanes) is 4. The number of rotatable bonds is 13. The highest BCUT2D eigenvalue weighted by Crippen LogP contribution is 2.24. The fourth-order valence-electron chi connectivity index (χ4n) is 3.81. The van der Waals surface area contributed by atoms with Crippen LogP contribution in [0.4, 0.5) is 5.69 Å². The van der Waals surface area contributed by atoms with Crippen molar-refractivity contribution in [1.29, 1.82) is 0 Å². The van der Waals surface area contributed by atoms with Crippen LogP contribution in [0.5, 0.6) is 5.75 Å². The second-order valence-corrected chi connectivity index (χ2v) is 7.74. The first kappa shape index (κ1) is 22.4. The molecule has 5 nitrogen and oxygen atoms in total. The number of quaternary nitrogens is 1. The Morgan fingerprint density at radius 2 is 1.54 bits per heavy atom. The van der Waals surface area contributed by atoms with Crippen LogP contribution in [0.15, 0.2) is 24.3 Å². The molecule has 1 N–H and O–H groups in total. The van der Waals surface area contributed by atoms with E-state index in [1.165, 1.54) is 35.5 Å². The minimum absolute atomic E-state index is 0.0461. The third kappa shape index (κ3) is 6.06. The van der Waals surface area contributed by atoms with Crippen molar-refractivity contribution in [2.75, 3.05) is 24.6 Å². The maximum atomic E-state index is 13.1. The molecule has 1 aromatic carbocycles. The van der Waals surface area contributed by atoms with E-state index in [9.17, 15) is 9.59 Å². The van der Waals surface area contributed by atoms with Crippen molar-refractivity contribution in [2.45, 2.75) is 78.2 Å². The average Bonchev–Trinajstić information content (AvgIpc) is 3.00. The first-order valence-corrected chi connectivity index (χ1v) is 11.1. The van der Waals surface area contributed by atoms with Crippen LogP contribution >= 0.6 is 0 Å². The van der Waals surface area contributed by atoms with Gasteiger partial charge in [0.15, 0.2) is 6.04 Å². The van der Waals surface area contributed by atoms with Crippen molar-refractivity contribution in [2.24, 2.45) is 0 Å². The lowest BCUT2D eigenvalue weighted by Gasteiger charge is -2.24. The van der Waals surface area contributed by atoms with E-state index in [0.29, 0.717) is 18.7 Å². The predicted molar refractivity (Wildman–Crippen MR) is 113 cm³/mol. The molecule has 1 aliphatic heterocycles. The number of carbonyl (C=O) groups is 2. The summed E-state index contributed by atoms with van der Waals surface area (Å²) >= 11 is 0. The predicted octanol–water partition coefficient (Wildman–Crippen LogP) is 3.37. The Labute approximate surface area is 170 Å². The number of imide groups is 1. The topological polar surface area (TPSA) is 51.1 Å². The van der Waals surface area contributed by atoms with Crippen molar-refractivity contribution < 1.29 is 19.2 Å². The molecule has 2 rings (SSSR count). The van der Waals surface area contributed by atoms with Gasteiger partial charge in [0.05, 0.1) is 31.8 Å². The van der Waals surface area contributed by atoms with Crippen LogP contribution in [0.25, 0.3) is 0 Å². The quantitative estimate of drug-likeness (QED) is 0.416. The van der Waals surface area contributed by atoms with E-state index in [2.05, 4.69) is 20.8 Å². The number of nitrogens with one attached hydrogen (secondary N) is 1. The molecule has 0 unspecified atom stereocenters. The van der Waals surface area contributed by atoms with Gasteiger partial charge in [-0.25, -0.2) is 4.90 Å². The maximum Gasteiger partial charge on any atom is 0.292 e. The Bertz CT molecular complexity index is 605. The molecule has 1 heterocycles. The van der Waals surface area contributed by atoms with E-state index in [1.54, 1.807) is 0 Å². The van der Waals surface area contributed by atoms with Crippen molar-refractivity contribution in [3.8, 4) is 5.75 Å². The molecule has 156 valence electrons. The zero-order valence-corrected chi connectivity index (χ0v) is 17.8. The van der Waals surface area contributed by atoms with Gasteiger partial charge in [-0.05, 0) is 56.4 Å². The van der Waals surface area contributed by atoms with Gasteiger partial charge in [0.25, 0.3) is 5.91 Å². The summed E-state index contributed by atoms with van der Waals surface area (Å²) in [5.41, 5.74) is 0.655. The highest BCUT2D eigenvalue weighted by Gasteiger charge is 2.45. The fourth-order valence-corrected chi connectivity index (χ4v) is 3.81. The average molecular weight is 390 g/mol. The largest absolute Gasteiger partial charge is 0.494 e. The lowest BCUT2D eigenvalue weighted by Crippen LogP contribution is -3.16. The monoisotopic (exact) mass is 389 g/mol. The van der Waals surface area contributed by atoms with Gasteiger partial charge in [0.2, 0.25) is 5.91 Å². The minimum Gasteiger partial charge on any atom is -0.494 e. The van der Waals surface area contributed by atoms with Crippen LogP contribution in [0.2, 0.25) is 0 Å². The van der Waals surface area contributed by atoms with Crippen LogP contribution in [0.1, 0.15) is 72.1 Å². The zero-order chi connectivity index (χ0) is 20.4. The van der Waals surface area contributed by atoms with Gasteiger partial charge in [-0.15, -0.1) is 0 Å². The molecular weight excluding hydrogens is 352 g/mol. The number of hydrogen-bond donors (Lipinski definition) is 1. The molecule has 1 fully saturated rings. The van der Waals surface area contributed by atoms with E-state index in [1.807, 2.05) is 24.3 Å². The summed E-state index contributed by atoms with van der Waals surface area (Å²) in [5.74, 6) is 0.642. The normalized spacial score (nSPS) is 17.0. The number of nitrogens with zero attached hydrogens (tertiary/aromatic N) is 1. The van der Waals surface area contributed by atoms with Gasteiger partial charge in [0, 0.05) is 0 Å². The molecule has 0 saturated carbocycles. The number of anilines is 1. The number of benzene rings is 1. The van der Waals surface area contributed by atoms with E-state index in [-0.39, 0.29) is 17.9 Å². The van der Waals surface area contributed by atoms with Gasteiger partial charge in [0.1, 0.15) is 5.75 Å². The van der Waals surface area contributed by atoms with Crippen LogP contribution in [0, 0.1) is 0 Å². The number of carbonyl (C=O) groups excluding carboxylic acids is 2. The summed E-state index contributed by atoms with van der Waals surface area (Å²) < 4.78 is 5.60. The van der Waals surface area contributed by atoms with Crippen molar-refractivity contribution in [3.63, 3.8) is 0 Å². The Morgan fingerprint density at radius 1 is 0.929 bits per heavy atom. The zero-order valence-electron chi connectivity index (χ0n) is 17.8. The molecular formula is C23H37N2O3+. The molecule has 1 aliphatic rings. The highest BCUT2D eigenvalue weighted by atomic mass is 16.5. The van der Waals surface area contributed by atoms with Crippen molar-refractivity contribution in [3.05, 3.63) is 24.3 Å². The molecule has 0 spiro atoms. The Hall–Kier alpha value is -1.88. The molecule has 0 radical (unpaired) electrons. The maximum absolute atomic E-state index is 13.1. The van der Waals surface area contributed by atoms with Gasteiger partial charge in [-0.3, -0.25) is 9.59 Å². The first-order chi connectivity index (χ1) is 13.6. The van der Waals surface area contributed by atoms with Crippen LogP contribution in [-0.2, 0) is 9.59 Å². The highest BCUT2D eigenvalue weighted by molar-refractivity contribution is 6.21. The summed E-state index contributed by atoms with van der Waals surface area (Å²) in [6.45, 7) is 9.05. The van der Waals surface area contributed by atoms with Gasteiger partial charge >= 0.3 is 0 Å². The molecule has 5 heteroatoms. The molecule has 1 saturated heterocycles. The van der Waals surface area contributed by atoms with E-state index in [0.717, 1.165) is 38.1 Å². The Morgan fingerprint density at radius 3 is 2.07 bits per heavy atom. The molecule has 28 heavy (non-hydrogen) atoms. The van der Waals surface area contributed by atoms with Gasteiger partial charge < -0.3 is 9.64 Å². The number of hydrogen-bond acceptors (Lipinski definition) is 3. The third-order valence-corrected chi connectivity index (χ3v) is 5.41. The summed E-state index contributed by atoms with van der Waals surface area (Å²) in [6.07, 6.45) is 8.17. The minimum atomic E-state index is -0.239. The lowest BCUT2D eigenvalue weighted by atomic mass is 10.1. The standard InChI is InChI=1S/C23H36N2O3/c1-4-7-9-15-24(16-10-8-5-2)21-18-22(26)25(23(21)27)19-11-13-20(14-12-19)28-17-6-3/h11-14,21H,4-10,15-18H2,1-3H3/p+1/t21-/m1/s1. The third-order valence-electron chi connectivity index (χ3n) is 5.41. The second kappa shape index (κ2) is 11.8. The van der Waals surface area contributed by atoms with Gasteiger partial charge in [-0.1, -0.05) is 33.6 Å².